The van der Waals surface area contributed by atoms with E-state index in [0.717, 1.165) is 6.42 Å². The second-order valence-corrected chi connectivity index (χ2v) is 11.2. The summed E-state index contributed by atoms with van der Waals surface area (Å²) in [5, 5.41) is 7.97. The molecule has 5 aromatic carbocycles. The molecule has 38 heavy (non-hydrogen) atoms. The van der Waals surface area contributed by atoms with Crippen LogP contribution in [-0.2, 0) is 0 Å². The third-order valence-electron chi connectivity index (χ3n) is 8.97. The molecule has 0 radical (unpaired) electrons. The Morgan fingerprint density at radius 3 is 1.97 bits per heavy atom. The number of allylic oxidation sites excluding steroid dienone is 3. The fraction of sp³-hybridized carbons (Fsp3) is 0.216. The van der Waals surface area contributed by atoms with Crippen LogP contribution in [0.2, 0.25) is 0 Å². The fourth-order valence-electron chi connectivity index (χ4n) is 7.11. The van der Waals surface area contributed by atoms with Gasteiger partial charge in [0.25, 0.3) is 0 Å². The molecule has 0 amide bonds. The molecule has 1 aliphatic heterocycles. The SMILES string of the molecule is CC1C=C(c2c3ccccc3c(-c3ccc4ccccc4c3)c3ccccc23)CCC1C1C=CC=NC1C. The first kappa shape index (κ1) is 23.2. The summed E-state index contributed by atoms with van der Waals surface area (Å²) in [5.74, 6) is 1.68. The van der Waals surface area contributed by atoms with Gasteiger partial charge < -0.3 is 0 Å². The third kappa shape index (κ3) is 3.80. The summed E-state index contributed by atoms with van der Waals surface area (Å²) >= 11 is 0. The highest BCUT2D eigenvalue weighted by Gasteiger charge is 2.32. The van der Waals surface area contributed by atoms with Crippen molar-refractivity contribution in [1.29, 1.82) is 0 Å². The molecule has 1 aliphatic carbocycles. The van der Waals surface area contributed by atoms with Gasteiger partial charge in [0.2, 0.25) is 0 Å². The summed E-state index contributed by atoms with van der Waals surface area (Å²) in [6.07, 6.45) is 11.4. The molecule has 0 saturated carbocycles. The van der Waals surface area contributed by atoms with E-state index in [1.807, 2.05) is 6.21 Å². The zero-order valence-corrected chi connectivity index (χ0v) is 22.1. The summed E-state index contributed by atoms with van der Waals surface area (Å²) in [7, 11) is 0. The molecule has 5 aromatic rings. The Bertz CT molecular complexity index is 1710. The highest BCUT2D eigenvalue weighted by atomic mass is 14.8. The van der Waals surface area contributed by atoms with E-state index in [1.54, 1.807) is 0 Å². The van der Waals surface area contributed by atoms with E-state index in [2.05, 4.69) is 123 Å². The van der Waals surface area contributed by atoms with E-state index in [4.69, 9.17) is 4.99 Å². The monoisotopic (exact) mass is 491 g/mol. The van der Waals surface area contributed by atoms with Crippen molar-refractivity contribution < 1.29 is 0 Å². The van der Waals surface area contributed by atoms with Crippen LogP contribution in [0.5, 0.6) is 0 Å². The number of aliphatic imine (C=N–C) groups is 1. The van der Waals surface area contributed by atoms with Crippen LogP contribution in [0.3, 0.4) is 0 Å². The largest absolute Gasteiger partial charge is 0.290 e. The summed E-state index contributed by atoms with van der Waals surface area (Å²) in [6.45, 7) is 4.68. The number of hydrogen-bond donors (Lipinski definition) is 0. The lowest BCUT2D eigenvalue weighted by molar-refractivity contribution is 0.267. The molecular formula is C37H33N. The normalized spacial score (nSPS) is 23.3. The molecule has 4 unspecified atom stereocenters. The van der Waals surface area contributed by atoms with Crippen molar-refractivity contribution in [3.8, 4) is 11.1 Å². The Balaban J connectivity index is 1.42. The van der Waals surface area contributed by atoms with E-state index < -0.39 is 0 Å². The molecule has 0 aromatic heterocycles. The molecule has 4 atom stereocenters. The van der Waals surface area contributed by atoms with E-state index in [0.29, 0.717) is 23.8 Å². The first-order valence-electron chi connectivity index (χ1n) is 14.0. The predicted molar refractivity (Wildman–Crippen MR) is 165 cm³/mol. The van der Waals surface area contributed by atoms with Crippen molar-refractivity contribution in [2.45, 2.75) is 32.7 Å². The second-order valence-electron chi connectivity index (χ2n) is 11.2. The van der Waals surface area contributed by atoms with E-state index in [1.165, 1.54) is 61.0 Å². The van der Waals surface area contributed by atoms with Gasteiger partial charge in [-0.05, 0) is 98.3 Å². The maximum Gasteiger partial charge on any atom is 0.0536 e. The topological polar surface area (TPSA) is 12.4 Å². The zero-order chi connectivity index (χ0) is 25.6. The Morgan fingerprint density at radius 1 is 0.684 bits per heavy atom. The minimum absolute atomic E-state index is 0.366. The number of dihydropyridines is 1. The number of fused-ring (bicyclic) bond motifs is 3. The maximum atomic E-state index is 4.70. The Hall–Kier alpha value is -3.97. The number of nitrogens with zero attached hydrogens (tertiary/aromatic N) is 1. The van der Waals surface area contributed by atoms with Crippen LogP contribution >= 0.6 is 0 Å². The van der Waals surface area contributed by atoms with Crippen LogP contribution in [0.4, 0.5) is 0 Å². The van der Waals surface area contributed by atoms with Crippen LogP contribution in [0, 0.1) is 17.8 Å². The molecule has 0 fully saturated rings. The molecule has 0 N–H and O–H groups in total. The van der Waals surface area contributed by atoms with E-state index in [9.17, 15) is 0 Å². The molecule has 7 rings (SSSR count). The molecule has 186 valence electrons. The first-order valence-corrected chi connectivity index (χ1v) is 14.0. The standard InChI is InChI=1S/C37H33N/c1-24-22-28(19-20-30(24)31-16-9-21-38-25(31)2)36-32-12-5-7-14-34(32)37(35-15-8-6-13-33(35)36)29-18-17-26-10-3-4-11-27(26)23-29/h3-18,21-25,30-31H,19-20H2,1-2H3. The van der Waals surface area contributed by atoms with Crippen LogP contribution in [-0.4, -0.2) is 12.3 Å². The van der Waals surface area contributed by atoms with Crippen LogP contribution in [0.15, 0.2) is 114 Å². The van der Waals surface area contributed by atoms with Crippen LogP contribution < -0.4 is 0 Å². The van der Waals surface area contributed by atoms with Crippen LogP contribution in [0.25, 0.3) is 49.0 Å². The van der Waals surface area contributed by atoms with E-state index >= 15 is 0 Å². The molecule has 0 spiro atoms. The van der Waals surface area contributed by atoms with Gasteiger partial charge >= 0.3 is 0 Å². The van der Waals surface area contributed by atoms with Crippen molar-refractivity contribution in [2.75, 3.05) is 0 Å². The lowest BCUT2D eigenvalue weighted by Crippen LogP contribution is -2.30. The lowest BCUT2D eigenvalue weighted by atomic mass is 9.70. The van der Waals surface area contributed by atoms with E-state index in [-0.39, 0.29) is 0 Å². The minimum Gasteiger partial charge on any atom is -0.290 e. The van der Waals surface area contributed by atoms with Crippen molar-refractivity contribution in [3.05, 3.63) is 115 Å². The Morgan fingerprint density at radius 2 is 1.32 bits per heavy atom. The van der Waals surface area contributed by atoms with Crippen molar-refractivity contribution in [3.63, 3.8) is 0 Å². The quantitative estimate of drug-likeness (QED) is 0.223. The number of benzene rings is 5. The Kier molecular flexibility index (Phi) is 5.73. The summed E-state index contributed by atoms with van der Waals surface area (Å²) in [4.78, 5) is 4.70. The molecule has 0 saturated heterocycles. The van der Waals surface area contributed by atoms with Gasteiger partial charge in [0, 0.05) is 12.1 Å². The van der Waals surface area contributed by atoms with Crippen molar-refractivity contribution >= 4 is 44.1 Å². The highest BCUT2D eigenvalue weighted by Crippen LogP contribution is 2.46. The summed E-state index contributed by atoms with van der Waals surface area (Å²) in [5.41, 5.74) is 5.55. The summed E-state index contributed by atoms with van der Waals surface area (Å²) in [6, 6.07) is 34.0. The number of rotatable bonds is 3. The molecule has 0 bridgehead atoms. The predicted octanol–water partition coefficient (Wildman–Crippen LogP) is 9.89. The molecule has 1 heterocycles. The molecule has 1 heteroatoms. The first-order chi connectivity index (χ1) is 18.7. The van der Waals surface area contributed by atoms with Crippen molar-refractivity contribution in [2.24, 2.45) is 22.7 Å². The van der Waals surface area contributed by atoms with Gasteiger partial charge in [-0.15, -0.1) is 0 Å². The van der Waals surface area contributed by atoms with Crippen molar-refractivity contribution in [1.82, 2.24) is 0 Å². The maximum absolute atomic E-state index is 4.70. The zero-order valence-electron chi connectivity index (χ0n) is 22.1. The van der Waals surface area contributed by atoms with Gasteiger partial charge in [-0.1, -0.05) is 104 Å². The molecule has 2 aliphatic rings. The highest BCUT2D eigenvalue weighted by molar-refractivity contribution is 6.19. The minimum atomic E-state index is 0.366. The average molecular weight is 492 g/mol. The van der Waals surface area contributed by atoms with Gasteiger partial charge in [0.05, 0.1) is 6.04 Å². The smallest absolute Gasteiger partial charge is 0.0536 e. The fourth-order valence-corrected chi connectivity index (χ4v) is 7.11. The second kappa shape index (κ2) is 9.40. The van der Waals surface area contributed by atoms with Crippen LogP contribution in [0.1, 0.15) is 32.3 Å². The number of hydrogen-bond acceptors (Lipinski definition) is 1. The molecular weight excluding hydrogens is 458 g/mol. The van der Waals surface area contributed by atoms with Gasteiger partial charge in [-0.2, -0.15) is 0 Å². The van der Waals surface area contributed by atoms with Gasteiger partial charge in [-0.3, -0.25) is 4.99 Å². The van der Waals surface area contributed by atoms with Gasteiger partial charge in [0.15, 0.2) is 0 Å². The molecule has 1 nitrogen and oxygen atoms in total. The summed E-state index contributed by atoms with van der Waals surface area (Å²) < 4.78 is 0. The van der Waals surface area contributed by atoms with Gasteiger partial charge in [-0.25, -0.2) is 0 Å². The average Bonchev–Trinajstić information content (AvgIpc) is 2.96. The third-order valence-corrected chi connectivity index (χ3v) is 8.97. The lowest BCUT2D eigenvalue weighted by Gasteiger charge is -2.36. The Labute approximate surface area is 225 Å². The van der Waals surface area contributed by atoms with Gasteiger partial charge in [0.1, 0.15) is 0 Å².